The number of hydrogen-bond acceptors (Lipinski definition) is 5. The highest BCUT2D eigenvalue weighted by molar-refractivity contribution is 7.10. The van der Waals surface area contributed by atoms with Crippen LogP contribution in [0.1, 0.15) is 58.1 Å². The molecule has 1 heterocycles. The van der Waals surface area contributed by atoms with E-state index in [0.717, 1.165) is 35.3 Å². The lowest BCUT2D eigenvalue weighted by atomic mass is 9.82. The van der Waals surface area contributed by atoms with Crippen LogP contribution < -0.4 is 4.74 Å². The second-order valence-electron chi connectivity index (χ2n) is 8.19. The number of carbonyl (C=O) groups excluding carboxylic acids is 1. The molecule has 1 N–H and O–H groups in total. The Labute approximate surface area is 189 Å². The van der Waals surface area contributed by atoms with Gasteiger partial charge in [0, 0.05) is 22.4 Å². The van der Waals surface area contributed by atoms with E-state index in [1.807, 2.05) is 24.4 Å². The molecule has 0 saturated heterocycles. The minimum Gasteiger partial charge on any atom is -0.488 e. The average molecular weight is 454 g/mol. The van der Waals surface area contributed by atoms with Crippen molar-refractivity contribution in [1.82, 2.24) is 4.98 Å². The van der Waals surface area contributed by atoms with Gasteiger partial charge in [-0.25, -0.2) is 9.37 Å². The Bertz CT molecular complexity index is 1130. The van der Waals surface area contributed by atoms with Crippen LogP contribution in [0.3, 0.4) is 0 Å². The first-order chi connectivity index (χ1) is 15.4. The molecule has 0 amide bonds. The fraction of sp³-hybridized carbons (Fsp3) is 0.320. The lowest BCUT2D eigenvalue weighted by molar-refractivity contribution is -0.142. The summed E-state index contributed by atoms with van der Waals surface area (Å²) in [6.07, 6.45) is 3.72. The number of thiazole rings is 1. The Morgan fingerprint density at radius 3 is 2.69 bits per heavy atom. The van der Waals surface area contributed by atoms with Crippen LogP contribution >= 0.6 is 11.3 Å². The van der Waals surface area contributed by atoms with Gasteiger partial charge in [-0.2, -0.15) is 0 Å². The summed E-state index contributed by atoms with van der Waals surface area (Å²) in [7, 11) is 0. The summed E-state index contributed by atoms with van der Waals surface area (Å²) in [5, 5.41) is 12.1. The summed E-state index contributed by atoms with van der Waals surface area (Å²) in [6.45, 7) is 2.21. The molecule has 166 valence electrons. The molecule has 1 aliphatic rings. The minimum atomic E-state index is -0.721. The molecule has 0 spiro atoms. The third-order valence-corrected chi connectivity index (χ3v) is 7.06. The van der Waals surface area contributed by atoms with Crippen molar-refractivity contribution in [2.24, 2.45) is 5.92 Å². The van der Waals surface area contributed by atoms with Crippen LogP contribution in [0.2, 0.25) is 0 Å². The maximum Gasteiger partial charge on any atom is 0.306 e. The van der Waals surface area contributed by atoms with Crippen LogP contribution in [-0.4, -0.2) is 22.3 Å². The van der Waals surface area contributed by atoms with Gasteiger partial charge in [-0.05, 0) is 68.0 Å². The molecule has 1 fully saturated rings. The van der Waals surface area contributed by atoms with Gasteiger partial charge in [0.2, 0.25) is 0 Å². The fourth-order valence-electron chi connectivity index (χ4n) is 4.12. The summed E-state index contributed by atoms with van der Waals surface area (Å²) in [5.74, 6) is -0.577. The van der Waals surface area contributed by atoms with Crippen molar-refractivity contribution in [1.29, 1.82) is 0 Å². The van der Waals surface area contributed by atoms with E-state index >= 15 is 0 Å². The van der Waals surface area contributed by atoms with E-state index in [4.69, 9.17) is 9.72 Å². The molecular formula is C25H24FNO4S. The van der Waals surface area contributed by atoms with Crippen LogP contribution in [0.4, 0.5) is 4.39 Å². The van der Waals surface area contributed by atoms with Crippen LogP contribution in [0, 0.1) is 18.7 Å². The number of hydrogen-bond donors (Lipinski definition) is 1. The van der Waals surface area contributed by atoms with Crippen molar-refractivity contribution in [3.63, 3.8) is 0 Å². The Hall–Kier alpha value is -3.06. The number of ether oxygens (including phenoxy) is 1. The van der Waals surface area contributed by atoms with Gasteiger partial charge in [0.25, 0.3) is 0 Å². The molecule has 1 aliphatic carbocycles. The van der Waals surface area contributed by atoms with Gasteiger partial charge in [-0.15, -0.1) is 11.3 Å². The molecule has 0 bridgehead atoms. The van der Waals surface area contributed by atoms with Gasteiger partial charge in [-0.3, -0.25) is 9.59 Å². The summed E-state index contributed by atoms with van der Waals surface area (Å²) >= 11 is 1.53. The van der Waals surface area contributed by atoms with Gasteiger partial charge < -0.3 is 9.84 Å². The SMILES string of the molecule is Cc1cc(C=O)ccc1COc1ccc(F)cc1-c1csc(C2CCC(C(=O)O)CC2)n1. The van der Waals surface area contributed by atoms with E-state index in [2.05, 4.69) is 0 Å². The molecule has 0 aliphatic heterocycles. The third-order valence-electron chi connectivity index (χ3n) is 6.05. The molecule has 0 unspecified atom stereocenters. The number of aldehydes is 1. The molecule has 7 heteroatoms. The van der Waals surface area contributed by atoms with Gasteiger partial charge in [-0.1, -0.05) is 12.1 Å². The third kappa shape index (κ3) is 4.88. The molecule has 1 saturated carbocycles. The van der Waals surface area contributed by atoms with Crippen LogP contribution in [0.5, 0.6) is 5.75 Å². The molecule has 3 aromatic rings. The molecule has 32 heavy (non-hydrogen) atoms. The van der Waals surface area contributed by atoms with E-state index in [-0.39, 0.29) is 17.7 Å². The summed E-state index contributed by atoms with van der Waals surface area (Å²) < 4.78 is 20.1. The molecule has 1 aromatic heterocycles. The van der Waals surface area contributed by atoms with Crippen molar-refractivity contribution in [3.8, 4) is 17.0 Å². The zero-order valence-corrected chi connectivity index (χ0v) is 18.5. The van der Waals surface area contributed by atoms with Gasteiger partial charge >= 0.3 is 5.97 Å². The fourth-order valence-corrected chi connectivity index (χ4v) is 5.12. The number of benzene rings is 2. The summed E-state index contributed by atoms with van der Waals surface area (Å²) in [4.78, 5) is 26.9. The lowest BCUT2D eigenvalue weighted by Gasteiger charge is -2.24. The first-order valence-corrected chi connectivity index (χ1v) is 11.5. The van der Waals surface area contributed by atoms with E-state index in [9.17, 15) is 19.1 Å². The van der Waals surface area contributed by atoms with Crippen molar-refractivity contribution in [2.75, 3.05) is 0 Å². The van der Waals surface area contributed by atoms with Crippen LogP contribution in [0.25, 0.3) is 11.3 Å². The van der Waals surface area contributed by atoms with E-state index < -0.39 is 5.97 Å². The maximum atomic E-state index is 14.1. The monoisotopic (exact) mass is 453 g/mol. The van der Waals surface area contributed by atoms with Crippen LogP contribution in [-0.2, 0) is 11.4 Å². The molecule has 5 nitrogen and oxygen atoms in total. The Morgan fingerprint density at radius 2 is 2.00 bits per heavy atom. The predicted molar refractivity (Wildman–Crippen MR) is 121 cm³/mol. The number of aliphatic carboxylic acids is 1. The second kappa shape index (κ2) is 9.61. The maximum absolute atomic E-state index is 14.1. The number of carboxylic acids is 1. The first-order valence-electron chi connectivity index (χ1n) is 10.6. The lowest BCUT2D eigenvalue weighted by Crippen LogP contribution is -2.20. The number of aromatic nitrogens is 1. The van der Waals surface area contributed by atoms with E-state index in [0.29, 0.717) is 42.0 Å². The predicted octanol–water partition coefficient (Wildman–Crippen LogP) is 6.01. The standard InChI is InChI=1S/C25H24FNO4S/c1-15-10-16(12-28)2-3-19(15)13-31-23-9-8-20(26)11-21(23)22-14-32-24(27-22)17-4-6-18(7-5-17)25(29)30/h2-3,8-12,14,17-18H,4-7,13H2,1H3,(H,29,30). The smallest absolute Gasteiger partial charge is 0.306 e. The number of halogens is 1. The first kappa shape index (κ1) is 22.1. The highest BCUT2D eigenvalue weighted by Gasteiger charge is 2.28. The number of rotatable bonds is 7. The Kier molecular flexibility index (Phi) is 6.65. The van der Waals surface area contributed by atoms with Crippen molar-refractivity contribution < 1.29 is 23.8 Å². The molecule has 0 atom stereocenters. The average Bonchev–Trinajstić information content (AvgIpc) is 3.29. The highest BCUT2D eigenvalue weighted by atomic mass is 32.1. The van der Waals surface area contributed by atoms with Crippen molar-refractivity contribution >= 4 is 23.6 Å². The minimum absolute atomic E-state index is 0.237. The topological polar surface area (TPSA) is 76.5 Å². The zero-order valence-electron chi connectivity index (χ0n) is 17.7. The van der Waals surface area contributed by atoms with Crippen molar-refractivity contribution in [3.05, 3.63) is 69.3 Å². The second-order valence-corrected chi connectivity index (χ2v) is 9.08. The van der Waals surface area contributed by atoms with E-state index in [1.54, 1.807) is 12.1 Å². The largest absolute Gasteiger partial charge is 0.488 e. The van der Waals surface area contributed by atoms with Crippen molar-refractivity contribution in [2.45, 2.75) is 45.1 Å². The Morgan fingerprint density at radius 1 is 1.22 bits per heavy atom. The summed E-state index contributed by atoms with van der Waals surface area (Å²) in [6, 6.07) is 9.81. The Balaban J connectivity index is 1.52. The number of carbonyl (C=O) groups is 2. The van der Waals surface area contributed by atoms with Gasteiger partial charge in [0.05, 0.1) is 16.6 Å². The van der Waals surface area contributed by atoms with E-state index in [1.165, 1.54) is 23.5 Å². The highest BCUT2D eigenvalue weighted by Crippen LogP contribution is 2.40. The van der Waals surface area contributed by atoms with Gasteiger partial charge in [0.15, 0.2) is 0 Å². The number of carboxylic acid groups (broad SMARTS) is 1. The molecular weight excluding hydrogens is 429 g/mol. The summed E-state index contributed by atoms with van der Waals surface area (Å²) in [5.41, 5.74) is 3.76. The number of nitrogens with zero attached hydrogens (tertiary/aromatic N) is 1. The zero-order chi connectivity index (χ0) is 22.7. The quantitative estimate of drug-likeness (QED) is 0.444. The van der Waals surface area contributed by atoms with Crippen LogP contribution in [0.15, 0.2) is 41.8 Å². The number of aryl methyl sites for hydroxylation is 1. The molecule has 0 radical (unpaired) electrons. The molecule has 2 aromatic carbocycles. The molecule has 4 rings (SSSR count). The van der Waals surface area contributed by atoms with Gasteiger partial charge in [0.1, 0.15) is 24.5 Å². The normalized spacial score (nSPS) is 18.3.